The van der Waals surface area contributed by atoms with Crippen LogP contribution in [0.3, 0.4) is 0 Å². The van der Waals surface area contributed by atoms with Gasteiger partial charge < -0.3 is 9.64 Å². The highest BCUT2D eigenvalue weighted by Crippen LogP contribution is 2.31. The number of carbonyl (C=O) groups is 3. The zero-order valence-electron chi connectivity index (χ0n) is 12.0. The molecule has 116 valence electrons. The van der Waals surface area contributed by atoms with Crippen LogP contribution in [0, 0.1) is 5.82 Å². The number of nitrogens with one attached hydrogen (secondary N) is 1. The maximum atomic E-state index is 13.9. The number of ether oxygens (including phenoxy) is 1. The van der Waals surface area contributed by atoms with Gasteiger partial charge in [-0.2, -0.15) is 0 Å². The largest absolute Gasteiger partial charge is 0.491 e. The third kappa shape index (κ3) is 2.32. The molecule has 1 aromatic rings. The summed E-state index contributed by atoms with van der Waals surface area (Å²) in [6, 6.07) is 1.95. The van der Waals surface area contributed by atoms with Gasteiger partial charge in [-0.3, -0.25) is 19.7 Å². The minimum absolute atomic E-state index is 0.0965. The summed E-state index contributed by atoms with van der Waals surface area (Å²) in [6.45, 7) is 2.27. The van der Waals surface area contributed by atoms with Gasteiger partial charge >= 0.3 is 0 Å². The highest BCUT2D eigenvalue weighted by Gasteiger charge is 2.39. The standard InChI is InChI=1S/C15H15FN2O4/c1-2-22-12-5-8-7-18(15(21)9(8)6-10(12)16)11-3-4-13(19)17-14(11)20/h5-6,11H,2-4,7H2,1H3,(H,17,19,20). The molecular weight excluding hydrogens is 291 g/mol. The number of halogens is 1. The Labute approximate surface area is 126 Å². The number of nitrogens with zero attached hydrogens (tertiary/aromatic N) is 1. The minimum atomic E-state index is -0.698. The average Bonchev–Trinajstić information content (AvgIpc) is 2.77. The topological polar surface area (TPSA) is 75.7 Å². The van der Waals surface area contributed by atoms with Gasteiger partial charge in [0.25, 0.3) is 5.91 Å². The summed E-state index contributed by atoms with van der Waals surface area (Å²) in [5.41, 5.74) is 0.866. The van der Waals surface area contributed by atoms with Gasteiger partial charge in [0.2, 0.25) is 11.8 Å². The zero-order chi connectivity index (χ0) is 15.9. The highest BCUT2D eigenvalue weighted by molar-refractivity contribution is 6.05. The van der Waals surface area contributed by atoms with Crippen LogP contribution in [0.1, 0.15) is 35.7 Å². The fraction of sp³-hybridized carbons (Fsp3) is 0.400. The predicted octanol–water partition coefficient (Wildman–Crippen LogP) is 0.985. The van der Waals surface area contributed by atoms with Crippen LogP contribution in [-0.4, -0.2) is 35.3 Å². The molecule has 2 heterocycles. The van der Waals surface area contributed by atoms with Gasteiger partial charge in [-0.15, -0.1) is 0 Å². The lowest BCUT2D eigenvalue weighted by atomic mass is 10.0. The normalized spacial score (nSPS) is 20.9. The molecule has 1 N–H and O–H groups in total. The molecule has 3 amide bonds. The monoisotopic (exact) mass is 306 g/mol. The van der Waals surface area contributed by atoms with E-state index in [-0.39, 0.29) is 36.6 Å². The molecule has 1 fully saturated rings. The van der Waals surface area contributed by atoms with Crippen molar-refractivity contribution in [2.75, 3.05) is 6.61 Å². The summed E-state index contributed by atoms with van der Waals surface area (Å²) in [5.74, 6) is -1.72. The van der Waals surface area contributed by atoms with E-state index in [2.05, 4.69) is 5.32 Å². The lowest BCUT2D eigenvalue weighted by Crippen LogP contribution is -2.52. The maximum absolute atomic E-state index is 13.9. The number of piperidine rings is 1. The van der Waals surface area contributed by atoms with E-state index in [1.807, 2.05) is 0 Å². The third-order valence-electron chi connectivity index (χ3n) is 3.88. The molecule has 2 aliphatic rings. The van der Waals surface area contributed by atoms with E-state index in [1.54, 1.807) is 6.92 Å². The van der Waals surface area contributed by atoms with Gasteiger partial charge in [-0.25, -0.2) is 4.39 Å². The number of fused-ring (bicyclic) bond motifs is 1. The van der Waals surface area contributed by atoms with E-state index in [9.17, 15) is 18.8 Å². The first-order valence-electron chi connectivity index (χ1n) is 7.11. The lowest BCUT2D eigenvalue weighted by Gasteiger charge is -2.29. The van der Waals surface area contributed by atoms with Crippen LogP contribution in [0.25, 0.3) is 0 Å². The average molecular weight is 306 g/mol. The third-order valence-corrected chi connectivity index (χ3v) is 3.88. The molecule has 22 heavy (non-hydrogen) atoms. The second-order valence-corrected chi connectivity index (χ2v) is 5.27. The molecule has 2 aliphatic heterocycles. The Morgan fingerprint density at radius 1 is 1.36 bits per heavy atom. The Hall–Kier alpha value is -2.44. The number of carbonyl (C=O) groups excluding carboxylic acids is 3. The van der Waals surface area contributed by atoms with Crippen LogP contribution < -0.4 is 10.1 Å². The molecule has 7 heteroatoms. The molecule has 3 rings (SSSR count). The molecule has 1 unspecified atom stereocenters. The molecule has 0 aliphatic carbocycles. The molecule has 0 spiro atoms. The number of benzene rings is 1. The van der Waals surface area contributed by atoms with E-state index in [0.29, 0.717) is 12.2 Å². The van der Waals surface area contributed by atoms with Gasteiger partial charge in [-0.1, -0.05) is 0 Å². The van der Waals surface area contributed by atoms with Crippen molar-refractivity contribution in [2.45, 2.75) is 32.4 Å². The van der Waals surface area contributed by atoms with Gasteiger partial charge in [0, 0.05) is 18.5 Å². The molecule has 0 bridgehead atoms. The quantitative estimate of drug-likeness (QED) is 0.845. The minimum Gasteiger partial charge on any atom is -0.491 e. The van der Waals surface area contributed by atoms with Gasteiger partial charge in [0.15, 0.2) is 11.6 Å². The van der Waals surface area contributed by atoms with Gasteiger partial charge in [0.1, 0.15) is 6.04 Å². The second kappa shape index (κ2) is 5.40. The Kier molecular flexibility index (Phi) is 3.56. The first kappa shape index (κ1) is 14.5. The Morgan fingerprint density at radius 3 is 2.82 bits per heavy atom. The molecule has 1 atom stereocenters. The molecule has 0 aromatic heterocycles. The first-order chi connectivity index (χ1) is 10.5. The molecule has 0 saturated carbocycles. The second-order valence-electron chi connectivity index (χ2n) is 5.27. The number of imide groups is 1. The van der Waals surface area contributed by atoms with Crippen molar-refractivity contribution in [3.63, 3.8) is 0 Å². The van der Waals surface area contributed by atoms with E-state index < -0.39 is 23.7 Å². The fourth-order valence-electron chi connectivity index (χ4n) is 2.83. The van der Waals surface area contributed by atoms with Crippen LogP contribution in [0.5, 0.6) is 5.75 Å². The van der Waals surface area contributed by atoms with Crippen molar-refractivity contribution in [3.8, 4) is 5.75 Å². The first-order valence-corrected chi connectivity index (χ1v) is 7.11. The molecular formula is C15H15FN2O4. The summed E-state index contributed by atoms with van der Waals surface area (Å²) >= 11 is 0. The van der Waals surface area contributed by atoms with E-state index in [4.69, 9.17) is 4.74 Å². The SMILES string of the molecule is CCOc1cc2c(cc1F)C(=O)N(C1CCC(=O)NC1=O)C2. The van der Waals surface area contributed by atoms with Crippen LogP contribution in [-0.2, 0) is 16.1 Å². The molecule has 6 nitrogen and oxygen atoms in total. The van der Waals surface area contributed by atoms with Crippen LogP contribution >= 0.6 is 0 Å². The Balaban J connectivity index is 1.87. The van der Waals surface area contributed by atoms with Crippen molar-refractivity contribution in [1.29, 1.82) is 0 Å². The fourth-order valence-corrected chi connectivity index (χ4v) is 2.83. The predicted molar refractivity (Wildman–Crippen MR) is 73.6 cm³/mol. The highest BCUT2D eigenvalue weighted by atomic mass is 19.1. The van der Waals surface area contributed by atoms with Crippen molar-refractivity contribution in [2.24, 2.45) is 0 Å². The van der Waals surface area contributed by atoms with Crippen molar-refractivity contribution < 1.29 is 23.5 Å². The molecule has 0 radical (unpaired) electrons. The van der Waals surface area contributed by atoms with Crippen molar-refractivity contribution >= 4 is 17.7 Å². The Morgan fingerprint density at radius 2 is 2.14 bits per heavy atom. The van der Waals surface area contributed by atoms with Crippen LogP contribution in [0.4, 0.5) is 4.39 Å². The van der Waals surface area contributed by atoms with Crippen molar-refractivity contribution in [1.82, 2.24) is 10.2 Å². The number of rotatable bonds is 3. The van der Waals surface area contributed by atoms with E-state index in [0.717, 1.165) is 6.07 Å². The summed E-state index contributed by atoms with van der Waals surface area (Å²) in [4.78, 5) is 36.9. The smallest absolute Gasteiger partial charge is 0.255 e. The van der Waals surface area contributed by atoms with Gasteiger partial charge in [-0.05, 0) is 31.0 Å². The summed E-state index contributed by atoms with van der Waals surface area (Å²) in [7, 11) is 0. The zero-order valence-corrected chi connectivity index (χ0v) is 12.0. The summed E-state index contributed by atoms with van der Waals surface area (Å²) in [6.07, 6.45) is 0.473. The van der Waals surface area contributed by atoms with Crippen LogP contribution in [0.2, 0.25) is 0 Å². The number of hydrogen-bond donors (Lipinski definition) is 1. The lowest BCUT2D eigenvalue weighted by molar-refractivity contribution is -0.136. The van der Waals surface area contributed by atoms with E-state index >= 15 is 0 Å². The van der Waals surface area contributed by atoms with Crippen molar-refractivity contribution in [3.05, 3.63) is 29.1 Å². The molecule has 1 saturated heterocycles. The molecule has 1 aromatic carbocycles. The van der Waals surface area contributed by atoms with Crippen LogP contribution in [0.15, 0.2) is 12.1 Å². The number of amides is 3. The van der Waals surface area contributed by atoms with E-state index in [1.165, 1.54) is 11.0 Å². The van der Waals surface area contributed by atoms with Gasteiger partial charge in [0.05, 0.1) is 6.61 Å². The maximum Gasteiger partial charge on any atom is 0.255 e. The Bertz CT molecular complexity index is 674. The summed E-state index contributed by atoms with van der Waals surface area (Å²) in [5, 5.41) is 2.23. The number of hydrogen-bond acceptors (Lipinski definition) is 4. The summed E-state index contributed by atoms with van der Waals surface area (Å²) < 4.78 is 19.1.